The van der Waals surface area contributed by atoms with Gasteiger partial charge in [-0.15, -0.1) is 0 Å². The average molecular weight is 356 g/mol. The summed E-state index contributed by atoms with van der Waals surface area (Å²) in [6.45, 7) is 4.88. The van der Waals surface area contributed by atoms with Crippen molar-refractivity contribution >= 4 is 5.91 Å². The van der Waals surface area contributed by atoms with E-state index in [1.165, 1.54) is 5.56 Å². The Morgan fingerprint density at radius 1 is 1.12 bits per heavy atom. The Balaban J connectivity index is 1.77. The van der Waals surface area contributed by atoms with Crippen molar-refractivity contribution in [2.75, 3.05) is 33.9 Å². The first-order valence-electron chi connectivity index (χ1n) is 8.95. The van der Waals surface area contributed by atoms with Gasteiger partial charge in [-0.1, -0.05) is 30.3 Å². The Labute approximate surface area is 155 Å². The van der Waals surface area contributed by atoms with Crippen LogP contribution in [0.25, 0.3) is 0 Å². The van der Waals surface area contributed by atoms with Crippen LogP contribution in [-0.4, -0.2) is 44.7 Å². The van der Waals surface area contributed by atoms with Gasteiger partial charge in [0.05, 0.1) is 13.7 Å². The molecule has 2 rings (SSSR count). The van der Waals surface area contributed by atoms with Gasteiger partial charge in [0, 0.05) is 18.7 Å². The lowest BCUT2D eigenvalue weighted by molar-refractivity contribution is 0.0951. The number of nitrogens with zero attached hydrogens (tertiary/aromatic N) is 1. The Morgan fingerprint density at radius 2 is 1.88 bits per heavy atom. The highest BCUT2D eigenvalue weighted by molar-refractivity contribution is 5.94. The van der Waals surface area contributed by atoms with Crippen LogP contribution >= 0.6 is 0 Å². The third kappa shape index (κ3) is 6.08. The average Bonchev–Trinajstić information content (AvgIpc) is 2.66. The normalized spacial score (nSPS) is 10.6. The Morgan fingerprint density at radius 3 is 2.58 bits per heavy atom. The molecule has 1 N–H and O–H groups in total. The quantitative estimate of drug-likeness (QED) is 0.664. The van der Waals surface area contributed by atoms with E-state index in [0.717, 1.165) is 19.5 Å². The van der Waals surface area contributed by atoms with E-state index in [1.807, 2.05) is 13.0 Å². The first-order valence-corrected chi connectivity index (χ1v) is 8.95. The molecule has 26 heavy (non-hydrogen) atoms. The minimum Gasteiger partial charge on any atom is -0.493 e. The number of nitrogens with one attached hydrogen (secondary N) is 1. The molecule has 1 amide bonds. The van der Waals surface area contributed by atoms with Crippen LogP contribution in [-0.2, 0) is 6.54 Å². The summed E-state index contributed by atoms with van der Waals surface area (Å²) in [6.07, 6.45) is 0.892. The number of ether oxygens (including phenoxy) is 2. The highest BCUT2D eigenvalue weighted by Gasteiger charge is 2.11. The molecule has 0 aliphatic carbocycles. The maximum absolute atomic E-state index is 12.3. The van der Waals surface area contributed by atoms with Crippen molar-refractivity contribution in [3.8, 4) is 11.5 Å². The smallest absolute Gasteiger partial charge is 0.251 e. The number of carbonyl (C=O) groups excluding carboxylic acids is 1. The van der Waals surface area contributed by atoms with Gasteiger partial charge in [0.25, 0.3) is 5.91 Å². The molecule has 5 nitrogen and oxygen atoms in total. The molecule has 0 atom stereocenters. The highest BCUT2D eigenvalue weighted by atomic mass is 16.5. The number of benzene rings is 2. The summed E-state index contributed by atoms with van der Waals surface area (Å²) in [6, 6.07) is 15.6. The first kappa shape index (κ1) is 19.8. The molecule has 5 heteroatoms. The Kier molecular flexibility index (Phi) is 7.96. The fourth-order valence-electron chi connectivity index (χ4n) is 2.71. The van der Waals surface area contributed by atoms with Crippen LogP contribution < -0.4 is 14.8 Å². The summed E-state index contributed by atoms with van der Waals surface area (Å²) in [5.74, 6) is 1.12. The van der Waals surface area contributed by atoms with Crippen molar-refractivity contribution < 1.29 is 14.3 Å². The second-order valence-electron chi connectivity index (χ2n) is 6.13. The van der Waals surface area contributed by atoms with Crippen molar-refractivity contribution in [3.05, 3.63) is 59.7 Å². The van der Waals surface area contributed by atoms with Crippen molar-refractivity contribution in [1.29, 1.82) is 0 Å². The van der Waals surface area contributed by atoms with E-state index in [-0.39, 0.29) is 5.91 Å². The molecule has 0 saturated carbocycles. The molecule has 0 heterocycles. The molecule has 0 saturated heterocycles. The van der Waals surface area contributed by atoms with Gasteiger partial charge in [0.15, 0.2) is 11.5 Å². The van der Waals surface area contributed by atoms with Gasteiger partial charge < -0.3 is 19.7 Å². The van der Waals surface area contributed by atoms with E-state index in [1.54, 1.807) is 25.3 Å². The molecular formula is C21H28N2O3. The third-order valence-electron chi connectivity index (χ3n) is 4.02. The van der Waals surface area contributed by atoms with E-state index >= 15 is 0 Å². The minimum atomic E-state index is -0.0979. The van der Waals surface area contributed by atoms with Crippen LogP contribution in [0, 0.1) is 0 Å². The van der Waals surface area contributed by atoms with E-state index in [4.69, 9.17) is 9.47 Å². The predicted molar refractivity (Wildman–Crippen MR) is 104 cm³/mol. The zero-order valence-electron chi connectivity index (χ0n) is 15.8. The van der Waals surface area contributed by atoms with E-state index in [2.05, 4.69) is 41.5 Å². The van der Waals surface area contributed by atoms with Crippen LogP contribution in [0.15, 0.2) is 48.5 Å². The molecule has 0 aliphatic rings. The van der Waals surface area contributed by atoms with Gasteiger partial charge in [-0.25, -0.2) is 0 Å². The Hall–Kier alpha value is -2.53. The number of rotatable bonds is 10. The standard InChI is InChI=1S/C21H28N2O3/c1-4-26-20-15-18(11-12-19(20)25-3)21(24)22-13-8-14-23(2)16-17-9-6-5-7-10-17/h5-7,9-12,15H,4,8,13-14,16H2,1-3H3,(H,22,24). The SMILES string of the molecule is CCOc1cc(C(=O)NCCCN(C)Cc2ccccc2)ccc1OC. The number of methoxy groups -OCH3 is 1. The molecule has 0 radical (unpaired) electrons. The van der Waals surface area contributed by atoms with Crippen LogP contribution in [0.2, 0.25) is 0 Å². The molecule has 0 fully saturated rings. The van der Waals surface area contributed by atoms with Crippen molar-refractivity contribution in [3.63, 3.8) is 0 Å². The molecule has 2 aromatic carbocycles. The molecule has 0 unspecified atom stereocenters. The van der Waals surface area contributed by atoms with Crippen LogP contribution in [0.4, 0.5) is 0 Å². The van der Waals surface area contributed by atoms with Gasteiger partial charge in [0.2, 0.25) is 0 Å². The molecule has 0 aromatic heterocycles. The number of amides is 1. The summed E-state index contributed by atoms with van der Waals surface area (Å²) in [4.78, 5) is 14.6. The summed E-state index contributed by atoms with van der Waals surface area (Å²) in [5.41, 5.74) is 1.87. The lowest BCUT2D eigenvalue weighted by atomic mass is 10.2. The van der Waals surface area contributed by atoms with E-state index in [9.17, 15) is 4.79 Å². The summed E-state index contributed by atoms with van der Waals surface area (Å²) >= 11 is 0. The largest absolute Gasteiger partial charge is 0.493 e. The highest BCUT2D eigenvalue weighted by Crippen LogP contribution is 2.27. The molecular weight excluding hydrogens is 328 g/mol. The molecule has 2 aromatic rings. The van der Waals surface area contributed by atoms with Crippen molar-refractivity contribution in [1.82, 2.24) is 10.2 Å². The Bertz CT molecular complexity index is 689. The van der Waals surface area contributed by atoms with Gasteiger partial charge in [-0.3, -0.25) is 4.79 Å². The fourth-order valence-corrected chi connectivity index (χ4v) is 2.71. The summed E-state index contributed by atoms with van der Waals surface area (Å²) in [5, 5.41) is 2.96. The second kappa shape index (κ2) is 10.5. The van der Waals surface area contributed by atoms with Gasteiger partial charge in [-0.05, 0) is 50.7 Å². The van der Waals surface area contributed by atoms with Gasteiger partial charge in [0.1, 0.15) is 0 Å². The monoisotopic (exact) mass is 356 g/mol. The van der Waals surface area contributed by atoms with E-state index in [0.29, 0.717) is 30.2 Å². The van der Waals surface area contributed by atoms with Crippen LogP contribution in [0.3, 0.4) is 0 Å². The topological polar surface area (TPSA) is 50.8 Å². The molecule has 0 bridgehead atoms. The molecule has 0 aliphatic heterocycles. The first-order chi connectivity index (χ1) is 12.6. The molecule has 0 spiro atoms. The fraction of sp³-hybridized carbons (Fsp3) is 0.381. The van der Waals surface area contributed by atoms with E-state index < -0.39 is 0 Å². The number of hydrogen-bond donors (Lipinski definition) is 1. The maximum Gasteiger partial charge on any atom is 0.251 e. The lowest BCUT2D eigenvalue weighted by Gasteiger charge is -2.17. The van der Waals surface area contributed by atoms with Crippen molar-refractivity contribution in [2.45, 2.75) is 19.9 Å². The minimum absolute atomic E-state index is 0.0979. The predicted octanol–water partition coefficient (Wildman–Crippen LogP) is 3.35. The molecule has 140 valence electrons. The number of hydrogen-bond acceptors (Lipinski definition) is 4. The summed E-state index contributed by atoms with van der Waals surface area (Å²) in [7, 11) is 3.68. The van der Waals surface area contributed by atoms with Crippen LogP contribution in [0.5, 0.6) is 11.5 Å². The zero-order chi connectivity index (χ0) is 18.8. The van der Waals surface area contributed by atoms with Gasteiger partial charge in [-0.2, -0.15) is 0 Å². The van der Waals surface area contributed by atoms with Crippen molar-refractivity contribution in [2.24, 2.45) is 0 Å². The van der Waals surface area contributed by atoms with Crippen LogP contribution in [0.1, 0.15) is 29.3 Å². The second-order valence-corrected chi connectivity index (χ2v) is 6.13. The third-order valence-corrected chi connectivity index (χ3v) is 4.02. The van der Waals surface area contributed by atoms with Gasteiger partial charge >= 0.3 is 0 Å². The summed E-state index contributed by atoms with van der Waals surface area (Å²) < 4.78 is 10.8. The maximum atomic E-state index is 12.3. The zero-order valence-corrected chi connectivity index (χ0v) is 15.8. The lowest BCUT2D eigenvalue weighted by Crippen LogP contribution is -2.28. The number of carbonyl (C=O) groups is 1.